The van der Waals surface area contributed by atoms with E-state index in [1.54, 1.807) is 0 Å². The minimum absolute atomic E-state index is 1.12. The summed E-state index contributed by atoms with van der Waals surface area (Å²) in [5, 5.41) is 0. The third-order valence-corrected chi connectivity index (χ3v) is 13.9. The van der Waals surface area contributed by atoms with Gasteiger partial charge in [-0.05, 0) is 73.0 Å². The maximum absolute atomic E-state index is 5.58. The van der Waals surface area contributed by atoms with Gasteiger partial charge in [0.1, 0.15) is 8.64 Å². The zero-order valence-electron chi connectivity index (χ0n) is 24.1. The van der Waals surface area contributed by atoms with Crippen LogP contribution >= 0.6 is 67.6 Å². The fourth-order valence-electron chi connectivity index (χ4n) is 5.24. The van der Waals surface area contributed by atoms with E-state index in [1.165, 1.54) is 179 Å². The van der Waals surface area contributed by atoms with E-state index in [0.717, 1.165) is 8.64 Å². The molecule has 2 fully saturated rings. The predicted octanol–water partition coefficient (Wildman–Crippen LogP) is 11.5. The van der Waals surface area contributed by atoms with Crippen LogP contribution in [0.1, 0.15) is 141 Å². The predicted molar refractivity (Wildman–Crippen MR) is 190 cm³/mol. The third kappa shape index (κ3) is 19.3. The molecule has 0 unspecified atom stereocenters. The molecule has 38 heavy (non-hydrogen) atoms. The summed E-state index contributed by atoms with van der Waals surface area (Å²) in [5.74, 6) is 2.51. The molecule has 0 N–H and O–H groups in total. The second-order valence-corrected chi connectivity index (χ2v) is 17.2. The Hall–Kier alpha value is 1.18. The van der Waals surface area contributed by atoms with Crippen LogP contribution < -0.4 is 0 Å². The molecule has 0 aromatic heterocycles. The van der Waals surface area contributed by atoms with E-state index in [-0.39, 0.29) is 0 Å². The molecule has 0 amide bonds. The molecule has 0 saturated carbocycles. The van der Waals surface area contributed by atoms with E-state index in [4.69, 9.17) is 24.4 Å². The van der Waals surface area contributed by atoms with Crippen molar-refractivity contribution >= 4 is 76.3 Å². The van der Waals surface area contributed by atoms with Gasteiger partial charge in [0, 0.05) is 37.7 Å². The Morgan fingerprint density at radius 3 is 0.947 bits per heavy atom. The lowest BCUT2D eigenvalue weighted by atomic mass is 10.0. The molecular weight excluding hydrogens is 581 g/mol. The minimum atomic E-state index is 1.12. The Labute approximate surface area is 263 Å². The molecule has 0 bridgehead atoms. The molecule has 0 atom stereocenters. The fourth-order valence-corrected chi connectivity index (χ4v) is 10.5. The van der Waals surface area contributed by atoms with Gasteiger partial charge >= 0.3 is 0 Å². The first kappa shape index (κ1) is 35.4. The number of likely N-dealkylation sites (tertiary alicyclic amines) is 2. The summed E-state index contributed by atoms with van der Waals surface area (Å²) in [4.78, 5) is 4.82. The Morgan fingerprint density at radius 2 is 0.658 bits per heavy atom. The average molecular weight is 637 g/mol. The summed E-state index contributed by atoms with van der Waals surface area (Å²) in [7, 11) is 7.64. The molecule has 2 rings (SSSR count). The van der Waals surface area contributed by atoms with Crippen molar-refractivity contribution in [3.63, 3.8) is 0 Å². The molecule has 2 saturated heterocycles. The smallest absolute Gasteiger partial charge is 0.147 e. The number of piperidine rings is 2. The second-order valence-electron chi connectivity index (χ2n) is 11.1. The SMILES string of the molecule is S=C(SSCCCCCCCCCCCCCCCCCCSSC(=S)N1CCCCC1)N1CCCCC1. The van der Waals surface area contributed by atoms with E-state index >= 15 is 0 Å². The molecule has 0 aromatic carbocycles. The first-order valence-electron chi connectivity index (χ1n) is 15.9. The summed E-state index contributed by atoms with van der Waals surface area (Å²) in [6, 6.07) is 0. The molecular formula is C30H56N2S6. The minimum Gasteiger partial charge on any atom is -0.357 e. The summed E-state index contributed by atoms with van der Waals surface area (Å²) in [5.41, 5.74) is 0. The van der Waals surface area contributed by atoms with Crippen LogP contribution in [0.25, 0.3) is 0 Å². The van der Waals surface area contributed by atoms with Crippen LogP contribution in [0.15, 0.2) is 0 Å². The third-order valence-electron chi connectivity index (χ3n) is 7.69. The monoisotopic (exact) mass is 636 g/mol. The van der Waals surface area contributed by atoms with Gasteiger partial charge in [-0.15, -0.1) is 0 Å². The van der Waals surface area contributed by atoms with Crippen LogP contribution in [0.4, 0.5) is 0 Å². The Kier molecular flexibility index (Phi) is 24.1. The Bertz CT molecular complexity index is 529. The quantitative estimate of drug-likeness (QED) is 0.0688. The van der Waals surface area contributed by atoms with Gasteiger partial charge in [0.25, 0.3) is 0 Å². The van der Waals surface area contributed by atoms with Gasteiger partial charge in [0.05, 0.1) is 0 Å². The molecule has 2 heterocycles. The standard InChI is InChI=1S/C30H56N2S6/c33-29(31-23-17-15-18-24-31)37-35-27-21-13-11-9-7-5-3-1-2-4-6-8-10-12-14-22-28-36-38-30(34)32-25-19-16-20-26-32/h1-28H2. The average Bonchev–Trinajstić information content (AvgIpc) is 2.96. The normalized spacial score (nSPS) is 16.2. The van der Waals surface area contributed by atoms with Gasteiger partial charge in [0.2, 0.25) is 0 Å². The Morgan fingerprint density at radius 1 is 0.395 bits per heavy atom. The number of nitrogens with zero attached hydrogens (tertiary/aromatic N) is 2. The van der Waals surface area contributed by atoms with E-state index in [0.29, 0.717) is 0 Å². The van der Waals surface area contributed by atoms with Crippen LogP contribution in [0.3, 0.4) is 0 Å². The fraction of sp³-hybridized carbons (Fsp3) is 0.933. The summed E-state index contributed by atoms with van der Waals surface area (Å²) in [6.07, 6.45) is 30.9. The zero-order chi connectivity index (χ0) is 26.9. The molecule has 0 aliphatic carbocycles. The maximum atomic E-state index is 5.58. The summed E-state index contributed by atoms with van der Waals surface area (Å²) >= 11 is 11.2. The van der Waals surface area contributed by atoms with Crippen LogP contribution in [0.2, 0.25) is 0 Å². The first-order chi connectivity index (χ1) is 18.8. The highest BCUT2D eigenvalue weighted by atomic mass is 33.1. The Balaban J connectivity index is 1.19. The summed E-state index contributed by atoms with van der Waals surface area (Å²) < 4.78 is 2.25. The molecule has 0 aromatic rings. The number of unbranched alkanes of at least 4 members (excludes halogenated alkanes) is 15. The van der Waals surface area contributed by atoms with Crippen LogP contribution in [0, 0.1) is 0 Å². The van der Waals surface area contributed by atoms with E-state index in [2.05, 4.69) is 9.80 Å². The molecule has 2 nitrogen and oxygen atoms in total. The van der Waals surface area contributed by atoms with Gasteiger partial charge in [0.15, 0.2) is 0 Å². The second kappa shape index (κ2) is 25.9. The van der Waals surface area contributed by atoms with Crippen molar-refractivity contribution in [1.29, 1.82) is 0 Å². The van der Waals surface area contributed by atoms with Gasteiger partial charge in [-0.1, -0.05) is 136 Å². The maximum Gasteiger partial charge on any atom is 0.147 e. The van der Waals surface area contributed by atoms with Crippen LogP contribution in [-0.2, 0) is 0 Å². The van der Waals surface area contributed by atoms with Gasteiger partial charge in [-0.3, -0.25) is 0 Å². The number of hydrogen-bond acceptors (Lipinski definition) is 6. The van der Waals surface area contributed by atoms with E-state index < -0.39 is 0 Å². The van der Waals surface area contributed by atoms with Crippen molar-refractivity contribution in [2.45, 2.75) is 141 Å². The lowest BCUT2D eigenvalue weighted by Gasteiger charge is -2.28. The van der Waals surface area contributed by atoms with Crippen molar-refractivity contribution in [2.75, 3.05) is 37.7 Å². The topological polar surface area (TPSA) is 6.48 Å². The van der Waals surface area contributed by atoms with E-state index in [1.807, 2.05) is 43.2 Å². The van der Waals surface area contributed by atoms with Crippen LogP contribution in [0.5, 0.6) is 0 Å². The molecule has 0 spiro atoms. The van der Waals surface area contributed by atoms with Gasteiger partial charge in [-0.2, -0.15) is 0 Å². The lowest BCUT2D eigenvalue weighted by Crippen LogP contribution is -2.32. The number of thiocarbonyl (C=S) groups is 2. The highest BCUT2D eigenvalue weighted by Gasteiger charge is 2.14. The molecule has 0 radical (unpaired) electrons. The van der Waals surface area contributed by atoms with Crippen LogP contribution in [-0.4, -0.2) is 56.1 Å². The highest BCUT2D eigenvalue weighted by Crippen LogP contribution is 2.29. The van der Waals surface area contributed by atoms with E-state index in [9.17, 15) is 0 Å². The lowest BCUT2D eigenvalue weighted by molar-refractivity contribution is 0.352. The van der Waals surface area contributed by atoms with Gasteiger partial charge in [-0.25, -0.2) is 0 Å². The molecule has 8 heteroatoms. The number of rotatable bonds is 21. The zero-order valence-corrected chi connectivity index (χ0v) is 29.0. The molecule has 222 valence electrons. The first-order valence-corrected chi connectivity index (χ1v) is 21.4. The van der Waals surface area contributed by atoms with Crippen molar-refractivity contribution in [3.05, 3.63) is 0 Å². The largest absolute Gasteiger partial charge is 0.357 e. The highest BCUT2D eigenvalue weighted by molar-refractivity contribution is 8.84. The van der Waals surface area contributed by atoms with Crippen molar-refractivity contribution in [3.8, 4) is 0 Å². The van der Waals surface area contributed by atoms with Crippen molar-refractivity contribution < 1.29 is 0 Å². The van der Waals surface area contributed by atoms with Gasteiger partial charge < -0.3 is 9.80 Å². The number of hydrogen-bond donors (Lipinski definition) is 0. The summed E-state index contributed by atoms with van der Waals surface area (Å²) in [6.45, 7) is 4.73. The molecule has 2 aliphatic rings. The van der Waals surface area contributed by atoms with Crippen molar-refractivity contribution in [2.24, 2.45) is 0 Å². The van der Waals surface area contributed by atoms with Crippen molar-refractivity contribution in [1.82, 2.24) is 9.80 Å². The molecule has 2 aliphatic heterocycles.